The average molecular weight is 116 g/mol. The predicted molar refractivity (Wildman–Crippen MR) is 33.6 cm³/mol. The zero-order valence-electron chi connectivity index (χ0n) is 5.60. The summed E-state index contributed by atoms with van der Waals surface area (Å²) in [6, 6.07) is 0. The molecule has 0 amide bonds. The molecule has 0 spiro atoms. The van der Waals surface area contributed by atoms with E-state index in [9.17, 15) is 4.79 Å². The largest absolute Gasteiger partial charge is 0.505 e. The van der Waals surface area contributed by atoms with Crippen molar-refractivity contribution in [1.29, 1.82) is 0 Å². The summed E-state index contributed by atoms with van der Waals surface area (Å²) in [7, 11) is 1.56. The average Bonchev–Trinajstić information content (AvgIpc) is 1.65. The Bertz CT molecular complexity index is 62.9. The monoisotopic (exact) mass is 116 g/mol. The molecule has 48 valence electrons. The Morgan fingerprint density at radius 1 is 1.62 bits per heavy atom. The molecule has 2 heteroatoms. The highest BCUT2D eigenvalue weighted by atomic mass is 16.5. The second-order valence-corrected chi connectivity index (χ2v) is 1.31. The van der Waals surface area contributed by atoms with E-state index in [-0.39, 0.29) is 5.78 Å². The Balaban J connectivity index is 0. The topological polar surface area (TPSA) is 26.3 Å². The van der Waals surface area contributed by atoms with Gasteiger partial charge in [0.2, 0.25) is 0 Å². The van der Waals surface area contributed by atoms with Gasteiger partial charge in [-0.05, 0) is 13.8 Å². The third-order valence-electron chi connectivity index (χ3n) is 0.167. The van der Waals surface area contributed by atoms with Crippen molar-refractivity contribution in [2.24, 2.45) is 0 Å². The minimum Gasteiger partial charge on any atom is -0.505 e. The number of Topliss-reactive ketones (excluding diaryl/α,β-unsaturated/α-hetero) is 1. The van der Waals surface area contributed by atoms with Crippen LogP contribution in [0.25, 0.3) is 0 Å². The molecule has 0 N–H and O–H groups in total. The zero-order chi connectivity index (χ0) is 6.99. The smallest absolute Gasteiger partial charge is 0.126 e. The van der Waals surface area contributed by atoms with E-state index in [1.165, 1.54) is 20.1 Å². The predicted octanol–water partition coefficient (Wildman–Crippen LogP) is 1.37. The van der Waals surface area contributed by atoms with Crippen LogP contribution in [0.3, 0.4) is 0 Å². The summed E-state index contributed by atoms with van der Waals surface area (Å²) in [5.74, 6) is 0.167. The molecule has 0 aromatic rings. The minimum atomic E-state index is 0.167. The summed E-state index contributed by atoms with van der Waals surface area (Å²) in [6.45, 7) is 6.31. The Morgan fingerprint density at radius 3 is 1.75 bits per heavy atom. The van der Waals surface area contributed by atoms with Crippen LogP contribution in [0, 0.1) is 0 Å². The molecule has 0 rings (SSSR count). The Kier molecular flexibility index (Phi) is 12.2. The first kappa shape index (κ1) is 10.2. The van der Waals surface area contributed by atoms with Crippen LogP contribution in [-0.4, -0.2) is 12.9 Å². The molecule has 0 aromatic carbocycles. The Morgan fingerprint density at radius 2 is 1.75 bits per heavy atom. The summed E-state index contributed by atoms with van der Waals surface area (Å²) in [4.78, 5) is 9.44. The lowest BCUT2D eigenvalue weighted by molar-refractivity contribution is -0.114. The molecule has 0 aliphatic rings. The first-order chi connectivity index (χ1) is 3.65. The second-order valence-electron chi connectivity index (χ2n) is 1.31. The maximum absolute atomic E-state index is 9.44. The van der Waals surface area contributed by atoms with Crippen LogP contribution in [0.4, 0.5) is 0 Å². The first-order valence-electron chi connectivity index (χ1n) is 2.26. The van der Waals surface area contributed by atoms with Crippen LogP contribution in [0.2, 0.25) is 0 Å². The van der Waals surface area contributed by atoms with Crippen LogP contribution in [0.15, 0.2) is 12.8 Å². The van der Waals surface area contributed by atoms with Gasteiger partial charge in [0, 0.05) is 0 Å². The van der Waals surface area contributed by atoms with Gasteiger partial charge in [0.05, 0.1) is 13.4 Å². The molecule has 0 saturated heterocycles. The molecule has 8 heavy (non-hydrogen) atoms. The molecule has 0 aliphatic heterocycles. The van der Waals surface area contributed by atoms with Crippen molar-refractivity contribution in [1.82, 2.24) is 0 Å². The number of rotatable bonds is 1. The van der Waals surface area contributed by atoms with E-state index in [1.54, 1.807) is 7.11 Å². The third-order valence-corrected chi connectivity index (χ3v) is 0.167. The molecular formula is C6H12O2. The summed E-state index contributed by atoms with van der Waals surface area (Å²) in [5, 5.41) is 0. The highest BCUT2D eigenvalue weighted by Crippen LogP contribution is 1.52. The third kappa shape index (κ3) is 2090. The number of hydrogen-bond donors (Lipinski definition) is 0. The van der Waals surface area contributed by atoms with Crippen molar-refractivity contribution in [3.63, 3.8) is 0 Å². The lowest BCUT2D eigenvalue weighted by atomic mass is 10.6. The molecule has 0 atom stereocenters. The Labute approximate surface area is 50.2 Å². The standard InChI is InChI=1S/2C3H6O/c1-3-4-2;1-3(2)4/h3H,1H2,2H3;1-2H3. The van der Waals surface area contributed by atoms with Gasteiger partial charge < -0.3 is 9.53 Å². The molecule has 0 saturated carbocycles. The van der Waals surface area contributed by atoms with Crippen molar-refractivity contribution < 1.29 is 9.53 Å². The van der Waals surface area contributed by atoms with E-state index >= 15 is 0 Å². The van der Waals surface area contributed by atoms with Crippen LogP contribution >= 0.6 is 0 Å². The zero-order valence-corrected chi connectivity index (χ0v) is 5.60. The van der Waals surface area contributed by atoms with Crippen molar-refractivity contribution in [3.8, 4) is 0 Å². The van der Waals surface area contributed by atoms with Crippen LogP contribution in [0.5, 0.6) is 0 Å². The van der Waals surface area contributed by atoms with Gasteiger partial charge in [-0.2, -0.15) is 0 Å². The summed E-state index contributed by atoms with van der Waals surface area (Å²) >= 11 is 0. The lowest BCUT2D eigenvalue weighted by Gasteiger charge is -1.73. The molecule has 0 aliphatic carbocycles. The summed E-state index contributed by atoms with van der Waals surface area (Å²) in [6.07, 6.45) is 1.38. The van der Waals surface area contributed by atoms with E-state index in [4.69, 9.17) is 0 Å². The van der Waals surface area contributed by atoms with Gasteiger partial charge in [0.25, 0.3) is 0 Å². The maximum Gasteiger partial charge on any atom is 0.126 e. The van der Waals surface area contributed by atoms with E-state index in [2.05, 4.69) is 11.3 Å². The fraction of sp³-hybridized carbons (Fsp3) is 0.500. The summed E-state index contributed by atoms with van der Waals surface area (Å²) in [5.41, 5.74) is 0. The Hall–Kier alpha value is -0.790. The van der Waals surface area contributed by atoms with Gasteiger partial charge in [-0.15, -0.1) is 0 Å². The minimum absolute atomic E-state index is 0.167. The van der Waals surface area contributed by atoms with E-state index in [0.717, 1.165) is 0 Å². The highest BCUT2D eigenvalue weighted by molar-refractivity contribution is 5.72. The van der Waals surface area contributed by atoms with Gasteiger partial charge in [0.1, 0.15) is 5.78 Å². The molecule has 2 nitrogen and oxygen atoms in total. The number of methoxy groups -OCH3 is 1. The van der Waals surface area contributed by atoms with E-state index in [1.807, 2.05) is 0 Å². The number of carbonyl (C=O) groups is 1. The fourth-order valence-electron chi connectivity index (χ4n) is 0. The van der Waals surface area contributed by atoms with Crippen LogP contribution in [-0.2, 0) is 9.53 Å². The van der Waals surface area contributed by atoms with Crippen molar-refractivity contribution in [3.05, 3.63) is 12.8 Å². The molecule has 0 aromatic heterocycles. The van der Waals surface area contributed by atoms with E-state index in [0.29, 0.717) is 0 Å². The molecular weight excluding hydrogens is 104 g/mol. The van der Waals surface area contributed by atoms with Crippen molar-refractivity contribution in [2.45, 2.75) is 13.8 Å². The molecule has 0 bridgehead atoms. The highest BCUT2D eigenvalue weighted by Gasteiger charge is 1.62. The van der Waals surface area contributed by atoms with Gasteiger partial charge in [-0.1, -0.05) is 6.58 Å². The van der Waals surface area contributed by atoms with Gasteiger partial charge in [-0.3, -0.25) is 0 Å². The molecule has 0 fully saturated rings. The maximum atomic E-state index is 9.44. The van der Waals surface area contributed by atoms with Gasteiger partial charge >= 0.3 is 0 Å². The summed E-state index contributed by atoms with van der Waals surface area (Å²) < 4.78 is 4.31. The molecule has 0 heterocycles. The first-order valence-corrected chi connectivity index (χ1v) is 2.26. The van der Waals surface area contributed by atoms with Crippen LogP contribution in [0.1, 0.15) is 13.8 Å². The number of carbonyl (C=O) groups excluding carboxylic acids is 1. The number of ether oxygens (including phenoxy) is 1. The number of ketones is 1. The SMILES string of the molecule is C=COC.CC(C)=O. The number of hydrogen-bond acceptors (Lipinski definition) is 2. The lowest BCUT2D eigenvalue weighted by Crippen LogP contribution is -1.69. The van der Waals surface area contributed by atoms with Crippen LogP contribution < -0.4 is 0 Å². The van der Waals surface area contributed by atoms with Gasteiger partial charge in [-0.25, -0.2) is 0 Å². The normalized spacial score (nSPS) is 5.88. The molecule has 0 unspecified atom stereocenters. The van der Waals surface area contributed by atoms with E-state index < -0.39 is 0 Å². The molecule has 0 radical (unpaired) electrons. The second kappa shape index (κ2) is 9.51. The fourth-order valence-corrected chi connectivity index (χ4v) is 0. The van der Waals surface area contributed by atoms with Gasteiger partial charge in [0.15, 0.2) is 0 Å². The quantitative estimate of drug-likeness (QED) is 0.484. The van der Waals surface area contributed by atoms with Crippen molar-refractivity contribution >= 4 is 5.78 Å². The van der Waals surface area contributed by atoms with Crippen molar-refractivity contribution in [2.75, 3.05) is 7.11 Å².